The molecule has 1 fully saturated rings. The van der Waals surface area contributed by atoms with Crippen LogP contribution in [-0.2, 0) is 9.47 Å². The summed E-state index contributed by atoms with van der Waals surface area (Å²) in [6, 6.07) is 0. The van der Waals surface area contributed by atoms with Crippen LogP contribution in [0.25, 0.3) is 0 Å². The molecule has 0 aromatic carbocycles. The van der Waals surface area contributed by atoms with E-state index in [-0.39, 0.29) is 0 Å². The molecule has 0 bridgehead atoms. The highest BCUT2D eigenvalue weighted by Gasteiger charge is 2.46. The van der Waals surface area contributed by atoms with E-state index in [0.717, 1.165) is 0 Å². The Kier molecular flexibility index (Phi) is 4.41. The molecular formula is C8H16O7. The van der Waals surface area contributed by atoms with Gasteiger partial charge in [-0.2, -0.15) is 0 Å². The highest BCUT2D eigenvalue weighted by molar-refractivity contribution is 4.92. The number of aliphatic hydroxyl groups is 5. The average molecular weight is 224 g/mol. The molecule has 7 nitrogen and oxygen atoms in total. The number of hydrogen-bond acceptors (Lipinski definition) is 7. The molecule has 0 spiro atoms. The van der Waals surface area contributed by atoms with Crippen LogP contribution in [0.5, 0.6) is 0 Å². The lowest BCUT2D eigenvalue weighted by molar-refractivity contribution is -0.305. The first-order valence-electron chi connectivity index (χ1n) is 4.54. The molecule has 0 amide bonds. The third kappa shape index (κ3) is 2.45. The molecule has 90 valence electrons. The average Bonchev–Trinajstić information content (AvgIpc) is 2.25. The lowest BCUT2D eigenvalue weighted by atomic mass is 9.95. The summed E-state index contributed by atoms with van der Waals surface area (Å²) in [5.74, 6) is 0. The standard InChI is InChI=1S/C8H16O7/c1-14-8-6(13)4(11)5(12)7(15-8)3(10)2-9/h3-13H,2H2,1H3/t3-,4-,5+,6-,7+,8-/m1/s1. The molecule has 1 aliphatic heterocycles. The van der Waals surface area contributed by atoms with Crippen molar-refractivity contribution in [3.05, 3.63) is 0 Å². The van der Waals surface area contributed by atoms with Crippen molar-refractivity contribution in [1.29, 1.82) is 0 Å². The van der Waals surface area contributed by atoms with E-state index in [1.807, 2.05) is 0 Å². The maximum atomic E-state index is 9.46. The summed E-state index contributed by atoms with van der Waals surface area (Å²) in [5, 5.41) is 46.2. The van der Waals surface area contributed by atoms with E-state index in [1.54, 1.807) is 0 Å². The van der Waals surface area contributed by atoms with Crippen molar-refractivity contribution in [3.8, 4) is 0 Å². The summed E-state index contributed by atoms with van der Waals surface area (Å²) in [7, 11) is 1.25. The maximum Gasteiger partial charge on any atom is 0.186 e. The van der Waals surface area contributed by atoms with Gasteiger partial charge in [0.15, 0.2) is 6.29 Å². The predicted octanol–water partition coefficient (Wildman–Crippen LogP) is -3.21. The Morgan fingerprint density at radius 3 is 2.27 bits per heavy atom. The fraction of sp³-hybridized carbons (Fsp3) is 1.00. The van der Waals surface area contributed by atoms with Crippen molar-refractivity contribution in [1.82, 2.24) is 0 Å². The van der Waals surface area contributed by atoms with Gasteiger partial charge in [-0.15, -0.1) is 0 Å². The molecule has 0 unspecified atom stereocenters. The molecule has 0 radical (unpaired) electrons. The number of hydrogen-bond donors (Lipinski definition) is 5. The zero-order chi connectivity index (χ0) is 11.6. The fourth-order valence-electron chi connectivity index (χ4n) is 1.49. The minimum atomic E-state index is -1.49. The van der Waals surface area contributed by atoms with Gasteiger partial charge in [0.2, 0.25) is 0 Å². The Bertz CT molecular complexity index is 197. The molecule has 0 aromatic heterocycles. The third-order valence-corrected chi connectivity index (χ3v) is 2.41. The van der Waals surface area contributed by atoms with Crippen LogP contribution in [0.1, 0.15) is 0 Å². The minimum absolute atomic E-state index is 0.624. The topological polar surface area (TPSA) is 120 Å². The normalized spacial score (nSPS) is 44.0. The maximum absolute atomic E-state index is 9.46. The monoisotopic (exact) mass is 224 g/mol. The van der Waals surface area contributed by atoms with E-state index in [9.17, 15) is 20.4 Å². The van der Waals surface area contributed by atoms with Crippen LogP contribution in [0.4, 0.5) is 0 Å². The van der Waals surface area contributed by atoms with Gasteiger partial charge in [0.05, 0.1) is 6.61 Å². The van der Waals surface area contributed by atoms with Crippen molar-refractivity contribution in [3.63, 3.8) is 0 Å². The van der Waals surface area contributed by atoms with E-state index in [1.165, 1.54) is 7.11 Å². The van der Waals surface area contributed by atoms with Gasteiger partial charge in [0.1, 0.15) is 30.5 Å². The van der Waals surface area contributed by atoms with E-state index in [0.29, 0.717) is 0 Å². The molecule has 1 heterocycles. The SMILES string of the molecule is CO[C@@H]1O[C@@H]([C@H](O)CO)[C@@H](O)[C@@H](O)[C@H]1O. The number of rotatable bonds is 3. The van der Waals surface area contributed by atoms with Gasteiger partial charge in [-0.05, 0) is 0 Å². The van der Waals surface area contributed by atoms with Gasteiger partial charge in [0.25, 0.3) is 0 Å². The molecular weight excluding hydrogens is 208 g/mol. The van der Waals surface area contributed by atoms with E-state index in [4.69, 9.17) is 14.6 Å². The van der Waals surface area contributed by atoms with Gasteiger partial charge < -0.3 is 35.0 Å². The first-order chi connectivity index (χ1) is 7.02. The molecule has 0 aliphatic carbocycles. The Morgan fingerprint density at radius 1 is 1.20 bits per heavy atom. The Morgan fingerprint density at radius 2 is 1.80 bits per heavy atom. The molecule has 0 saturated carbocycles. The number of ether oxygens (including phenoxy) is 2. The van der Waals surface area contributed by atoms with Gasteiger partial charge in [-0.1, -0.05) is 0 Å². The van der Waals surface area contributed by atoms with Crippen molar-refractivity contribution < 1.29 is 35.0 Å². The fourth-order valence-corrected chi connectivity index (χ4v) is 1.49. The molecule has 0 aromatic rings. The first-order valence-corrected chi connectivity index (χ1v) is 4.54. The largest absolute Gasteiger partial charge is 0.394 e. The molecule has 15 heavy (non-hydrogen) atoms. The van der Waals surface area contributed by atoms with Gasteiger partial charge >= 0.3 is 0 Å². The zero-order valence-electron chi connectivity index (χ0n) is 8.22. The van der Waals surface area contributed by atoms with Crippen molar-refractivity contribution >= 4 is 0 Å². The Labute approximate surface area is 86.5 Å². The van der Waals surface area contributed by atoms with Crippen LogP contribution in [0.2, 0.25) is 0 Å². The predicted molar refractivity (Wildman–Crippen MR) is 46.8 cm³/mol. The molecule has 1 aliphatic rings. The molecule has 1 rings (SSSR count). The summed E-state index contributed by atoms with van der Waals surface area (Å²) in [6.45, 7) is -0.624. The summed E-state index contributed by atoms with van der Waals surface area (Å²) in [5.41, 5.74) is 0. The van der Waals surface area contributed by atoms with Crippen LogP contribution in [0.3, 0.4) is 0 Å². The van der Waals surface area contributed by atoms with Crippen molar-refractivity contribution in [2.45, 2.75) is 36.8 Å². The number of methoxy groups -OCH3 is 1. The summed E-state index contributed by atoms with van der Waals surface area (Å²) in [4.78, 5) is 0. The highest BCUT2D eigenvalue weighted by atomic mass is 16.7. The molecule has 5 N–H and O–H groups in total. The highest BCUT2D eigenvalue weighted by Crippen LogP contribution is 2.23. The molecule has 1 saturated heterocycles. The summed E-state index contributed by atoms with van der Waals surface area (Å²) < 4.78 is 9.70. The second kappa shape index (κ2) is 5.17. The number of aliphatic hydroxyl groups excluding tert-OH is 5. The second-order valence-electron chi connectivity index (χ2n) is 3.43. The van der Waals surface area contributed by atoms with E-state index >= 15 is 0 Å². The second-order valence-corrected chi connectivity index (χ2v) is 3.43. The van der Waals surface area contributed by atoms with Crippen LogP contribution in [0, 0.1) is 0 Å². The summed E-state index contributed by atoms with van der Waals surface area (Å²) >= 11 is 0. The quantitative estimate of drug-likeness (QED) is 0.342. The van der Waals surface area contributed by atoms with Crippen LogP contribution in [-0.4, -0.2) is 76.1 Å². The van der Waals surface area contributed by atoms with E-state index in [2.05, 4.69) is 0 Å². The van der Waals surface area contributed by atoms with Gasteiger partial charge in [-0.3, -0.25) is 0 Å². The van der Waals surface area contributed by atoms with E-state index < -0.39 is 43.4 Å². The van der Waals surface area contributed by atoms with Crippen LogP contribution < -0.4 is 0 Å². The molecule has 6 atom stereocenters. The summed E-state index contributed by atoms with van der Waals surface area (Å²) in [6.07, 6.45) is -8.05. The lowest BCUT2D eigenvalue weighted by Gasteiger charge is -2.41. The lowest BCUT2D eigenvalue weighted by Crippen LogP contribution is -2.61. The Hall–Kier alpha value is -0.280. The zero-order valence-corrected chi connectivity index (χ0v) is 8.22. The first kappa shape index (κ1) is 12.8. The van der Waals surface area contributed by atoms with Crippen molar-refractivity contribution in [2.24, 2.45) is 0 Å². The molecule has 7 heteroatoms. The van der Waals surface area contributed by atoms with Crippen molar-refractivity contribution in [2.75, 3.05) is 13.7 Å². The third-order valence-electron chi connectivity index (χ3n) is 2.41. The Balaban J connectivity index is 2.74. The van der Waals surface area contributed by atoms with Crippen LogP contribution in [0.15, 0.2) is 0 Å². The van der Waals surface area contributed by atoms with Crippen LogP contribution >= 0.6 is 0 Å². The smallest absolute Gasteiger partial charge is 0.186 e. The minimum Gasteiger partial charge on any atom is -0.394 e. The van der Waals surface area contributed by atoms with Gasteiger partial charge in [-0.25, -0.2) is 0 Å². The van der Waals surface area contributed by atoms with Gasteiger partial charge in [0, 0.05) is 7.11 Å².